The number of rotatable bonds is 6. The first-order chi connectivity index (χ1) is 9.35. The zero-order chi connectivity index (χ0) is 13.5. The smallest absolute Gasteiger partial charge is 0.120 e. The van der Waals surface area contributed by atoms with Gasteiger partial charge in [-0.25, -0.2) is 0 Å². The molecule has 1 aromatic carbocycles. The van der Waals surface area contributed by atoms with Crippen LogP contribution in [0.4, 0.5) is 5.69 Å². The molecule has 0 radical (unpaired) electrons. The van der Waals surface area contributed by atoms with Gasteiger partial charge in [-0.05, 0) is 37.9 Å². The molecule has 0 spiro atoms. The third-order valence-electron chi connectivity index (χ3n) is 3.62. The minimum Gasteiger partial charge on any atom is -0.497 e. The molecular formula is C15H24N2O2. The van der Waals surface area contributed by atoms with Gasteiger partial charge in [0.2, 0.25) is 0 Å². The molecule has 0 aliphatic carbocycles. The second kappa shape index (κ2) is 7.36. The molecule has 4 nitrogen and oxygen atoms in total. The van der Waals surface area contributed by atoms with Gasteiger partial charge in [0.05, 0.1) is 7.11 Å². The van der Waals surface area contributed by atoms with Gasteiger partial charge in [-0.3, -0.25) is 0 Å². The highest BCUT2D eigenvalue weighted by molar-refractivity contribution is 5.51. The second-order valence-corrected chi connectivity index (χ2v) is 4.88. The molecule has 1 aliphatic rings. The Labute approximate surface area is 115 Å². The van der Waals surface area contributed by atoms with E-state index in [2.05, 4.69) is 17.0 Å². The molecule has 1 aromatic rings. The highest BCUT2D eigenvalue weighted by atomic mass is 16.5. The zero-order valence-electron chi connectivity index (χ0n) is 11.7. The Kier molecular flexibility index (Phi) is 5.48. The molecule has 0 aromatic heterocycles. The first-order valence-electron chi connectivity index (χ1n) is 7.03. The maximum atomic E-state index is 5.66. The summed E-state index contributed by atoms with van der Waals surface area (Å²) >= 11 is 0. The first-order valence-corrected chi connectivity index (χ1v) is 7.03. The van der Waals surface area contributed by atoms with E-state index in [9.17, 15) is 0 Å². The van der Waals surface area contributed by atoms with Crippen molar-refractivity contribution in [3.05, 3.63) is 24.3 Å². The van der Waals surface area contributed by atoms with Crippen molar-refractivity contribution < 1.29 is 9.47 Å². The lowest BCUT2D eigenvalue weighted by Gasteiger charge is -2.36. The normalized spacial score (nSPS) is 16.3. The molecular weight excluding hydrogens is 240 g/mol. The third kappa shape index (κ3) is 3.85. The molecule has 1 heterocycles. The molecule has 1 fully saturated rings. The molecule has 1 aliphatic heterocycles. The SMILES string of the molecule is COc1cccc(N(CCCN)C2CCOCC2)c1. The van der Waals surface area contributed by atoms with E-state index in [1.165, 1.54) is 5.69 Å². The number of anilines is 1. The van der Waals surface area contributed by atoms with Crippen molar-refractivity contribution >= 4 is 5.69 Å². The van der Waals surface area contributed by atoms with E-state index in [0.29, 0.717) is 6.04 Å². The van der Waals surface area contributed by atoms with Gasteiger partial charge in [-0.2, -0.15) is 0 Å². The summed E-state index contributed by atoms with van der Waals surface area (Å²) in [4.78, 5) is 2.46. The van der Waals surface area contributed by atoms with Crippen LogP contribution < -0.4 is 15.4 Å². The average molecular weight is 264 g/mol. The lowest BCUT2D eigenvalue weighted by molar-refractivity contribution is 0.0844. The van der Waals surface area contributed by atoms with E-state index in [4.69, 9.17) is 15.2 Å². The standard InChI is InChI=1S/C15H24N2O2/c1-18-15-5-2-4-14(12-15)17(9-3-8-16)13-6-10-19-11-7-13/h2,4-5,12-13H,3,6-11,16H2,1H3. The fraction of sp³-hybridized carbons (Fsp3) is 0.600. The highest BCUT2D eigenvalue weighted by Crippen LogP contribution is 2.26. The van der Waals surface area contributed by atoms with Crippen LogP contribution in [0.3, 0.4) is 0 Å². The van der Waals surface area contributed by atoms with Crippen LogP contribution in [-0.4, -0.2) is 39.5 Å². The second-order valence-electron chi connectivity index (χ2n) is 4.88. The molecule has 0 bridgehead atoms. The Morgan fingerprint density at radius 2 is 2.16 bits per heavy atom. The van der Waals surface area contributed by atoms with E-state index in [1.807, 2.05) is 12.1 Å². The minimum atomic E-state index is 0.549. The van der Waals surface area contributed by atoms with Gasteiger partial charge < -0.3 is 20.1 Å². The maximum Gasteiger partial charge on any atom is 0.120 e. The van der Waals surface area contributed by atoms with Crippen molar-refractivity contribution in [3.63, 3.8) is 0 Å². The summed E-state index contributed by atoms with van der Waals surface area (Å²) in [5, 5.41) is 0. The highest BCUT2D eigenvalue weighted by Gasteiger charge is 2.21. The quantitative estimate of drug-likeness (QED) is 0.854. The average Bonchev–Trinajstić information content (AvgIpc) is 2.49. The molecule has 106 valence electrons. The summed E-state index contributed by atoms with van der Waals surface area (Å²) in [5.74, 6) is 0.905. The third-order valence-corrected chi connectivity index (χ3v) is 3.62. The van der Waals surface area contributed by atoms with Crippen molar-refractivity contribution in [2.45, 2.75) is 25.3 Å². The van der Waals surface area contributed by atoms with E-state index in [1.54, 1.807) is 7.11 Å². The lowest BCUT2D eigenvalue weighted by Crippen LogP contribution is -2.40. The summed E-state index contributed by atoms with van der Waals surface area (Å²) in [5.41, 5.74) is 6.89. The summed E-state index contributed by atoms with van der Waals surface area (Å²) in [6.45, 7) is 3.43. The van der Waals surface area contributed by atoms with Gasteiger partial charge in [0.1, 0.15) is 5.75 Å². The fourth-order valence-electron chi connectivity index (χ4n) is 2.57. The topological polar surface area (TPSA) is 47.7 Å². The Morgan fingerprint density at radius 1 is 1.37 bits per heavy atom. The lowest BCUT2D eigenvalue weighted by atomic mass is 10.1. The van der Waals surface area contributed by atoms with Crippen LogP contribution in [0.15, 0.2) is 24.3 Å². The van der Waals surface area contributed by atoms with E-state index in [-0.39, 0.29) is 0 Å². The van der Waals surface area contributed by atoms with Crippen LogP contribution in [0.5, 0.6) is 5.75 Å². The number of hydrogen-bond donors (Lipinski definition) is 1. The predicted octanol–water partition coefficient (Wildman–Crippen LogP) is 2.03. The largest absolute Gasteiger partial charge is 0.497 e. The van der Waals surface area contributed by atoms with Crippen LogP contribution in [0.2, 0.25) is 0 Å². The van der Waals surface area contributed by atoms with Crippen LogP contribution in [0.1, 0.15) is 19.3 Å². The van der Waals surface area contributed by atoms with Crippen molar-refractivity contribution in [3.8, 4) is 5.75 Å². The Morgan fingerprint density at radius 3 is 2.84 bits per heavy atom. The molecule has 1 saturated heterocycles. The molecule has 19 heavy (non-hydrogen) atoms. The number of nitrogens with zero attached hydrogens (tertiary/aromatic N) is 1. The summed E-state index contributed by atoms with van der Waals surface area (Å²) in [6.07, 6.45) is 3.18. The van der Waals surface area contributed by atoms with Crippen LogP contribution in [-0.2, 0) is 4.74 Å². The minimum absolute atomic E-state index is 0.549. The van der Waals surface area contributed by atoms with Crippen LogP contribution >= 0.6 is 0 Å². The predicted molar refractivity (Wildman–Crippen MR) is 77.9 cm³/mol. The van der Waals surface area contributed by atoms with E-state index in [0.717, 1.165) is 51.3 Å². The Hall–Kier alpha value is -1.26. The molecule has 0 unspecified atom stereocenters. The summed E-state index contributed by atoms with van der Waals surface area (Å²) < 4.78 is 10.8. The molecule has 4 heteroatoms. The van der Waals surface area contributed by atoms with Gasteiger partial charge >= 0.3 is 0 Å². The monoisotopic (exact) mass is 264 g/mol. The maximum absolute atomic E-state index is 5.66. The number of hydrogen-bond acceptors (Lipinski definition) is 4. The van der Waals surface area contributed by atoms with Crippen molar-refractivity contribution in [1.82, 2.24) is 0 Å². The Bertz CT molecular complexity index is 378. The van der Waals surface area contributed by atoms with Crippen molar-refractivity contribution in [2.24, 2.45) is 5.73 Å². The number of methoxy groups -OCH3 is 1. The molecule has 0 saturated carbocycles. The molecule has 2 N–H and O–H groups in total. The zero-order valence-corrected chi connectivity index (χ0v) is 11.7. The summed E-state index contributed by atoms with van der Waals surface area (Å²) in [7, 11) is 1.71. The van der Waals surface area contributed by atoms with Gasteiger partial charge in [0.25, 0.3) is 0 Å². The Balaban J connectivity index is 2.14. The van der Waals surface area contributed by atoms with Gasteiger partial charge in [-0.1, -0.05) is 6.07 Å². The van der Waals surface area contributed by atoms with Gasteiger partial charge in [0.15, 0.2) is 0 Å². The number of benzene rings is 1. The first kappa shape index (κ1) is 14.2. The molecule has 2 rings (SSSR count). The number of ether oxygens (including phenoxy) is 2. The van der Waals surface area contributed by atoms with Gasteiger partial charge in [0, 0.05) is 37.6 Å². The molecule has 0 atom stereocenters. The van der Waals surface area contributed by atoms with Crippen molar-refractivity contribution in [1.29, 1.82) is 0 Å². The van der Waals surface area contributed by atoms with E-state index >= 15 is 0 Å². The number of nitrogens with two attached hydrogens (primary N) is 1. The van der Waals surface area contributed by atoms with Crippen molar-refractivity contribution in [2.75, 3.05) is 38.3 Å². The fourth-order valence-corrected chi connectivity index (χ4v) is 2.57. The summed E-state index contributed by atoms with van der Waals surface area (Å²) in [6, 6.07) is 8.82. The van der Waals surface area contributed by atoms with Crippen LogP contribution in [0, 0.1) is 0 Å². The van der Waals surface area contributed by atoms with E-state index < -0.39 is 0 Å². The van der Waals surface area contributed by atoms with Gasteiger partial charge in [-0.15, -0.1) is 0 Å². The molecule has 0 amide bonds. The van der Waals surface area contributed by atoms with Crippen LogP contribution in [0.25, 0.3) is 0 Å².